The molecule has 0 atom stereocenters. The third-order valence-electron chi connectivity index (χ3n) is 6.08. The van der Waals surface area contributed by atoms with Gasteiger partial charge in [-0.3, -0.25) is 19.4 Å². The van der Waals surface area contributed by atoms with Crippen LogP contribution in [-0.2, 0) is 19.6 Å². The standard InChI is InChI=1S/C22H38N6O5S/c1-17-21(18(2)33-24-17)34(31,32)28-13-11-27(12-14-28)20(30)16-26-8-6-7-25(9-10-26)15-19(29)23-22(3,4)5/h6-16H2,1-5H3,(H,23,29). The van der Waals surface area contributed by atoms with E-state index in [-0.39, 0.29) is 41.1 Å². The summed E-state index contributed by atoms with van der Waals surface area (Å²) in [6, 6.07) is 0. The average molecular weight is 499 g/mol. The Hall–Kier alpha value is -2.02. The molecule has 34 heavy (non-hydrogen) atoms. The maximum atomic E-state index is 13.0. The number of hydrogen-bond acceptors (Lipinski definition) is 8. The van der Waals surface area contributed by atoms with Gasteiger partial charge in [-0.05, 0) is 54.1 Å². The van der Waals surface area contributed by atoms with Gasteiger partial charge in [-0.25, -0.2) is 8.42 Å². The maximum Gasteiger partial charge on any atom is 0.248 e. The Bertz CT molecular complexity index is 959. The Morgan fingerprint density at radius 2 is 1.53 bits per heavy atom. The molecule has 3 heterocycles. The molecule has 1 aromatic heterocycles. The zero-order chi connectivity index (χ0) is 25.1. The van der Waals surface area contributed by atoms with Crippen LogP contribution in [-0.4, -0.2) is 115 Å². The van der Waals surface area contributed by atoms with Crippen molar-refractivity contribution >= 4 is 21.8 Å². The second-order valence-corrected chi connectivity index (χ2v) is 12.0. The van der Waals surface area contributed by atoms with E-state index in [0.29, 0.717) is 31.9 Å². The molecular weight excluding hydrogens is 460 g/mol. The van der Waals surface area contributed by atoms with E-state index >= 15 is 0 Å². The molecule has 0 saturated carbocycles. The number of nitrogens with one attached hydrogen (secondary N) is 1. The highest BCUT2D eigenvalue weighted by Gasteiger charge is 2.34. The van der Waals surface area contributed by atoms with Crippen molar-refractivity contribution in [3.05, 3.63) is 11.5 Å². The number of rotatable bonds is 6. The van der Waals surface area contributed by atoms with Crippen molar-refractivity contribution in [2.45, 2.75) is 51.5 Å². The Kier molecular flexibility index (Phi) is 8.38. The summed E-state index contributed by atoms with van der Waals surface area (Å²) in [6.45, 7) is 14.0. The smallest absolute Gasteiger partial charge is 0.248 e. The van der Waals surface area contributed by atoms with Gasteiger partial charge in [0, 0.05) is 44.8 Å². The van der Waals surface area contributed by atoms with Crippen LogP contribution in [0.25, 0.3) is 0 Å². The first-order valence-corrected chi connectivity index (χ1v) is 13.3. The second-order valence-electron chi connectivity index (χ2n) is 10.1. The molecule has 3 rings (SSSR count). The molecule has 0 unspecified atom stereocenters. The predicted octanol–water partition coefficient (Wildman–Crippen LogP) is 0.0467. The SMILES string of the molecule is Cc1noc(C)c1S(=O)(=O)N1CCN(C(=O)CN2CCCN(CC(=O)NC(C)(C)C)CC2)CC1. The van der Waals surface area contributed by atoms with Gasteiger partial charge in [0.15, 0.2) is 5.76 Å². The minimum absolute atomic E-state index is 0.00770. The Labute approximate surface area is 202 Å². The first-order chi connectivity index (χ1) is 15.9. The summed E-state index contributed by atoms with van der Waals surface area (Å²) < 4.78 is 32.4. The molecule has 2 amide bonds. The third kappa shape index (κ3) is 6.77. The molecular formula is C22H38N6O5S. The Morgan fingerprint density at radius 3 is 2.06 bits per heavy atom. The normalized spacial score (nSPS) is 19.7. The number of sulfonamides is 1. The first-order valence-electron chi connectivity index (χ1n) is 11.8. The summed E-state index contributed by atoms with van der Waals surface area (Å²) in [5, 5.41) is 6.75. The fourth-order valence-corrected chi connectivity index (χ4v) is 6.16. The third-order valence-corrected chi connectivity index (χ3v) is 8.22. The highest BCUT2D eigenvalue weighted by Crippen LogP contribution is 2.24. The Balaban J connectivity index is 1.47. The molecule has 2 saturated heterocycles. The van der Waals surface area contributed by atoms with E-state index in [1.54, 1.807) is 18.7 Å². The zero-order valence-electron chi connectivity index (χ0n) is 21.0. The van der Waals surface area contributed by atoms with Gasteiger partial charge >= 0.3 is 0 Å². The van der Waals surface area contributed by atoms with Crippen molar-refractivity contribution in [1.29, 1.82) is 0 Å². The number of aromatic nitrogens is 1. The Morgan fingerprint density at radius 1 is 0.941 bits per heavy atom. The van der Waals surface area contributed by atoms with E-state index < -0.39 is 10.0 Å². The van der Waals surface area contributed by atoms with Crippen LogP contribution in [0.15, 0.2) is 9.42 Å². The van der Waals surface area contributed by atoms with Gasteiger partial charge in [-0.1, -0.05) is 5.16 Å². The van der Waals surface area contributed by atoms with Crippen molar-refractivity contribution < 1.29 is 22.5 Å². The average Bonchev–Trinajstić information content (AvgIpc) is 2.94. The molecule has 192 valence electrons. The van der Waals surface area contributed by atoms with Crippen LogP contribution >= 0.6 is 0 Å². The molecule has 2 aliphatic rings. The van der Waals surface area contributed by atoms with E-state index in [1.165, 1.54) is 4.31 Å². The van der Waals surface area contributed by atoms with Crippen LogP contribution in [0.1, 0.15) is 38.6 Å². The van der Waals surface area contributed by atoms with E-state index in [1.807, 2.05) is 20.8 Å². The second kappa shape index (κ2) is 10.7. The van der Waals surface area contributed by atoms with Crippen molar-refractivity contribution in [3.63, 3.8) is 0 Å². The lowest BCUT2D eigenvalue weighted by molar-refractivity contribution is -0.133. The van der Waals surface area contributed by atoms with Gasteiger partial charge in [0.1, 0.15) is 10.6 Å². The quantitative estimate of drug-likeness (QED) is 0.584. The van der Waals surface area contributed by atoms with Crippen LogP contribution in [0.2, 0.25) is 0 Å². The van der Waals surface area contributed by atoms with Crippen LogP contribution in [0.5, 0.6) is 0 Å². The van der Waals surface area contributed by atoms with Crippen molar-refractivity contribution in [3.8, 4) is 0 Å². The lowest BCUT2D eigenvalue weighted by Crippen LogP contribution is -2.52. The van der Waals surface area contributed by atoms with Gasteiger partial charge < -0.3 is 14.7 Å². The minimum Gasteiger partial charge on any atom is -0.360 e. The summed E-state index contributed by atoms with van der Waals surface area (Å²) in [5.74, 6) is 0.303. The lowest BCUT2D eigenvalue weighted by atomic mass is 10.1. The van der Waals surface area contributed by atoms with E-state index in [0.717, 1.165) is 32.6 Å². The zero-order valence-corrected chi connectivity index (χ0v) is 21.8. The monoisotopic (exact) mass is 498 g/mol. The van der Waals surface area contributed by atoms with Crippen LogP contribution in [0.3, 0.4) is 0 Å². The van der Waals surface area contributed by atoms with Gasteiger partial charge in [-0.15, -0.1) is 0 Å². The largest absolute Gasteiger partial charge is 0.360 e. The molecule has 0 bridgehead atoms. The number of carbonyl (C=O) groups excluding carboxylic acids is 2. The number of amides is 2. The summed E-state index contributed by atoms with van der Waals surface area (Å²) in [6.07, 6.45) is 0.888. The van der Waals surface area contributed by atoms with Crippen molar-refractivity contribution in [2.75, 3.05) is 65.4 Å². The van der Waals surface area contributed by atoms with Crippen molar-refractivity contribution in [2.24, 2.45) is 0 Å². The summed E-state index contributed by atoms with van der Waals surface area (Å²) >= 11 is 0. The molecule has 2 aliphatic heterocycles. The van der Waals surface area contributed by atoms with E-state index in [2.05, 4.69) is 20.3 Å². The van der Waals surface area contributed by atoms with E-state index in [9.17, 15) is 18.0 Å². The molecule has 2 fully saturated rings. The molecule has 11 nitrogen and oxygen atoms in total. The molecule has 0 spiro atoms. The summed E-state index contributed by atoms with van der Waals surface area (Å²) in [4.78, 5) is 31.2. The van der Waals surface area contributed by atoms with Gasteiger partial charge in [0.2, 0.25) is 21.8 Å². The molecule has 0 aliphatic carbocycles. The fraction of sp³-hybridized carbons (Fsp3) is 0.773. The molecule has 12 heteroatoms. The molecule has 0 radical (unpaired) electrons. The minimum atomic E-state index is -3.70. The van der Waals surface area contributed by atoms with Crippen LogP contribution in [0.4, 0.5) is 0 Å². The number of aryl methyl sites for hydroxylation is 2. The number of piperazine rings is 1. The summed E-state index contributed by atoms with van der Waals surface area (Å²) in [5.41, 5.74) is 0.0970. The van der Waals surface area contributed by atoms with Crippen LogP contribution in [0, 0.1) is 13.8 Å². The molecule has 1 aromatic rings. The maximum absolute atomic E-state index is 13.0. The van der Waals surface area contributed by atoms with E-state index in [4.69, 9.17) is 4.52 Å². The highest BCUT2D eigenvalue weighted by molar-refractivity contribution is 7.89. The van der Waals surface area contributed by atoms with Gasteiger partial charge in [-0.2, -0.15) is 4.31 Å². The molecule has 0 aromatic carbocycles. The van der Waals surface area contributed by atoms with Gasteiger partial charge in [0.05, 0.1) is 13.1 Å². The summed E-state index contributed by atoms with van der Waals surface area (Å²) in [7, 11) is -3.70. The van der Waals surface area contributed by atoms with Gasteiger partial charge in [0.25, 0.3) is 0 Å². The van der Waals surface area contributed by atoms with Crippen molar-refractivity contribution in [1.82, 2.24) is 29.5 Å². The number of hydrogen-bond donors (Lipinski definition) is 1. The molecule has 1 N–H and O–H groups in total. The predicted molar refractivity (Wildman–Crippen MR) is 127 cm³/mol. The van der Waals surface area contributed by atoms with Crippen LogP contribution < -0.4 is 5.32 Å². The first kappa shape index (κ1) is 26.6. The fourth-order valence-electron chi connectivity index (χ4n) is 4.44. The topological polar surface area (TPSA) is 119 Å². The number of carbonyl (C=O) groups is 2. The number of nitrogens with zero attached hydrogens (tertiary/aromatic N) is 5. The lowest BCUT2D eigenvalue weighted by Gasteiger charge is -2.35. The highest BCUT2D eigenvalue weighted by atomic mass is 32.2.